The van der Waals surface area contributed by atoms with Gasteiger partial charge in [-0.05, 0) is 30.7 Å². The molecule has 0 amide bonds. The van der Waals surface area contributed by atoms with Crippen LogP contribution in [0.15, 0.2) is 48.0 Å². The van der Waals surface area contributed by atoms with Gasteiger partial charge in [-0.25, -0.2) is 0 Å². The van der Waals surface area contributed by atoms with Gasteiger partial charge in [0.25, 0.3) is 0 Å². The molecule has 0 radical (unpaired) electrons. The lowest BCUT2D eigenvalue weighted by Crippen LogP contribution is -2.09. The molecule has 1 unspecified atom stereocenters. The Morgan fingerprint density at radius 1 is 1.44 bits per heavy atom. The first-order chi connectivity index (χ1) is 8.39. The zero-order valence-electron chi connectivity index (χ0n) is 10.5. The Bertz CT molecular complexity index is 542. The zero-order chi connectivity index (χ0) is 13.3. The van der Waals surface area contributed by atoms with Crippen LogP contribution in [0.5, 0.6) is 5.75 Å². The Morgan fingerprint density at radius 2 is 2.12 bits per heavy atom. The molecule has 0 heterocycles. The van der Waals surface area contributed by atoms with Crippen LogP contribution < -0.4 is 0 Å². The van der Waals surface area contributed by atoms with Crippen molar-refractivity contribution >= 4 is 5.78 Å². The molecule has 0 saturated heterocycles. The molecule has 0 bridgehead atoms. The molecule has 0 saturated carbocycles. The van der Waals surface area contributed by atoms with Crippen molar-refractivity contribution in [2.75, 3.05) is 0 Å². The van der Waals surface area contributed by atoms with Crippen molar-refractivity contribution in [3.05, 3.63) is 53.6 Å². The van der Waals surface area contributed by atoms with Crippen molar-refractivity contribution in [2.45, 2.75) is 12.5 Å². The van der Waals surface area contributed by atoms with Crippen LogP contribution in [0.2, 0.25) is 0 Å². The zero-order valence-corrected chi connectivity index (χ0v) is 8.47. The summed E-state index contributed by atoms with van der Waals surface area (Å²) < 4.78 is 15.1. The first kappa shape index (κ1) is 8.30. The van der Waals surface area contributed by atoms with E-state index in [2.05, 4.69) is 0 Å². The van der Waals surface area contributed by atoms with E-state index in [1.165, 1.54) is 36.4 Å². The second-order valence-corrected chi connectivity index (χ2v) is 3.47. The highest BCUT2D eigenvalue weighted by molar-refractivity contribution is 6.10. The first-order valence-corrected chi connectivity index (χ1v) is 4.84. The smallest absolute Gasteiger partial charge is 0.192 e. The predicted molar refractivity (Wildman–Crippen MR) is 60.3 cm³/mol. The summed E-state index contributed by atoms with van der Waals surface area (Å²) in [5, 5.41) is 18.6. The number of Topliss-reactive ketones (excluding diaryl/α,β-unsaturated/α-hetero) is 1. The van der Waals surface area contributed by atoms with Crippen LogP contribution in [-0.4, -0.2) is 22.1 Å². The number of hydrogen-bond acceptors (Lipinski definition) is 3. The van der Waals surface area contributed by atoms with Gasteiger partial charge in [0.2, 0.25) is 0 Å². The maximum absolute atomic E-state index is 12.1. The van der Waals surface area contributed by atoms with E-state index in [4.69, 9.17) is 7.85 Å². The average molecular weight is 218 g/mol. The molecule has 82 valence electrons. The Labute approximate surface area is 96.2 Å². The van der Waals surface area contributed by atoms with Crippen LogP contribution in [0, 0.1) is 0 Å². The van der Waals surface area contributed by atoms with E-state index in [9.17, 15) is 9.90 Å². The lowest BCUT2D eigenvalue weighted by atomic mass is 9.97. The number of phenols is 1. The molecular weight excluding hydrogens is 204 g/mol. The normalized spacial score (nSPS) is 26.3. The Morgan fingerprint density at radius 3 is 2.75 bits per heavy atom. The second kappa shape index (κ2) is 4.33. The number of benzene rings is 1. The first-order valence-electron chi connectivity index (χ1n) is 5.84. The summed E-state index contributed by atoms with van der Waals surface area (Å²) in [6, 6.07) is 5.66. The molecule has 3 nitrogen and oxygen atoms in total. The molecule has 1 aromatic rings. The number of aliphatic hydroxyl groups is 1. The fraction of sp³-hybridized carbons (Fsp3) is 0.154. The van der Waals surface area contributed by atoms with E-state index in [0.29, 0.717) is 5.56 Å². The average Bonchev–Trinajstić information content (AvgIpc) is 2.28. The number of carbonyl (C=O) groups excluding carboxylic acids is 1. The summed E-state index contributed by atoms with van der Waals surface area (Å²) in [5.41, 5.74) is 0.519. The minimum Gasteiger partial charge on any atom is -0.508 e. The summed E-state index contributed by atoms with van der Waals surface area (Å²) >= 11 is 0. The number of allylic oxidation sites excluding steroid dienone is 2. The molecule has 1 atom stereocenters. The van der Waals surface area contributed by atoms with Gasteiger partial charge >= 0.3 is 0 Å². The van der Waals surface area contributed by atoms with Crippen LogP contribution in [0.25, 0.3) is 0 Å². The molecule has 2 rings (SSSR count). The van der Waals surface area contributed by atoms with Crippen molar-refractivity contribution in [3.8, 4) is 5.75 Å². The number of hydrogen-bond donors (Lipinski definition) is 2. The van der Waals surface area contributed by atoms with Gasteiger partial charge in [0.1, 0.15) is 5.75 Å². The topological polar surface area (TPSA) is 57.5 Å². The van der Waals surface area contributed by atoms with Crippen LogP contribution >= 0.6 is 0 Å². The van der Waals surface area contributed by atoms with Crippen molar-refractivity contribution in [1.82, 2.24) is 0 Å². The second-order valence-electron chi connectivity index (χ2n) is 3.47. The fourth-order valence-corrected chi connectivity index (χ4v) is 1.41. The SMILES string of the molecule is [2H]C1=C(C(=O)c2ccc(O)cc2)C=CC([2H])(O)C1. The van der Waals surface area contributed by atoms with Gasteiger partial charge in [-0.3, -0.25) is 4.79 Å². The minimum absolute atomic E-state index is 0.0614. The fourth-order valence-electron chi connectivity index (χ4n) is 1.41. The van der Waals surface area contributed by atoms with Gasteiger partial charge < -0.3 is 10.2 Å². The quantitative estimate of drug-likeness (QED) is 0.744. The minimum atomic E-state index is -1.81. The Kier molecular flexibility index (Phi) is 2.25. The summed E-state index contributed by atoms with van der Waals surface area (Å²) in [7, 11) is 0. The van der Waals surface area contributed by atoms with Crippen LogP contribution in [0.4, 0.5) is 0 Å². The monoisotopic (exact) mass is 218 g/mol. The van der Waals surface area contributed by atoms with Gasteiger partial charge in [-0.15, -0.1) is 0 Å². The molecule has 16 heavy (non-hydrogen) atoms. The van der Waals surface area contributed by atoms with Crippen LogP contribution in [0.3, 0.4) is 0 Å². The Hall–Kier alpha value is -1.87. The molecule has 0 aromatic heterocycles. The highest BCUT2D eigenvalue weighted by Gasteiger charge is 2.13. The standard InChI is InChI=1S/C13H12O3/c14-11-5-1-9(2-6-11)13(16)10-3-7-12(15)8-4-10/h1-7,12,14-15H,8H2/i4D,12D. The van der Waals surface area contributed by atoms with Crippen LogP contribution in [-0.2, 0) is 0 Å². The lowest BCUT2D eigenvalue weighted by Gasteiger charge is -2.10. The van der Waals surface area contributed by atoms with Gasteiger partial charge in [0.15, 0.2) is 5.78 Å². The maximum atomic E-state index is 12.1. The van der Waals surface area contributed by atoms with E-state index >= 15 is 0 Å². The van der Waals surface area contributed by atoms with Crippen molar-refractivity contribution < 1.29 is 17.7 Å². The van der Waals surface area contributed by atoms with E-state index < -0.39 is 6.08 Å². The third-order valence-electron chi connectivity index (χ3n) is 2.28. The van der Waals surface area contributed by atoms with Crippen molar-refractivity contribution in [2.24, 2.45) is 0 Å². The highest BCUT2D eigenvalue weighted by Crippen LogP contribution is 2.17. The van der Waals surface area contributed by atoms with E-state index in [1.54, 1.807) is 0 Å². The largest absolute Gasteiger partial charge is 0.508 e. The highest BCUT2D eigenvalue weighted by atomic mass is 16.3. The number of ketones is 1. The summed E-state index contributed by atoms with van der Waals surface area (Å²) in [6.45, 7) is 0. The third-order valence-corrected chi connectivity index (χ3v) is 2.28. The van der Waals surface area contributed by atoms with Gasteiger partial charge in [-0.2, -0.15) is 0 Å². The third kappa shape index (κ3) is 2.20. The van der Waals surface area contributed by atoms with E-state index in [-0.39, 0.29) is 29.6 Å². The van der Waals surface area contributed by atoms with E-state index in [0.717, 1.165) is 0 Å². The molecule has 0 spiro atoms. The van der Waals surface area contributed by atoms with Gasteiger partial charge in [0, 0.05) is 11.1 Å². The van der Waals surface area contributed by atoms with Crippen LogP contribution in [0.1, 0.15) is 19.5 Å². The van der Waals surface area contributed by atoms with Crippen molar-refractivity contribution in [3.63, 3.8) is 0 Å². The molecule has 0 aliphatic heterocycles. The van der Waals surface area contributed by atoms with Gasteiger partial charge in [-0.1, -0.05) is 18.2 Å². The number of rotatable bonds is 2. The maximum Gasteiger partial charge on any atom is 0.192 e. The Balaban J connectivity index is 2.31. The molecule has 1 aromatic carbocycles. The molecule has 1 aliphatic carbocycles. The number of carbonyl (C=O) groups is 1. The number of phenolic OH excluding ortho intramolecular Hbond substituents is 1. The summed E-state index contributed by atoms with van der Waals surface area (Å²) in [5.74, 6) is -0.293. The summed E-state index contributed by atoms with van der Waals surface area (Å²) in [6.07, 6.45) is 0.477. The molecule has 2 N–H and O–H groups in total. The van der Waals surface area contributed by atoms with Crippen molar-refractivity contribution in [1.29, 1.82) is 0 Å². The lowest BCUT2D eigenvalue weighted by molar-refractivity contribution is 0.103. The van der Waals surface area contributed by atoms with Gasteiger partial charge in [0.05, 0.1) is 8.82 Å². The van der Waals surface area contributed by atoms with E-state index in [1.807, 2.05) is 0 Å². The molecular formula is C13H12O3. The molecule has 3 heteroatoms. The molecule has 1 aliphatic rings. The number of aromatic hydroxyl groups is 1. The molecule has 0 fully saturated rings. The summed E-state index contributed by atoms with van der Waals surface area (Å²) in [4.78, 5) is 12.1. The predicted octanol–water partition coefficient (Wildman–Crippen LogP) is 1.82.